The number of alkyl halides is 3. The van der Waals surface area contributed by atoms with E-state index < -0.39 is 11.7 Å². The Morgan fingerprint density at radius 2 is 1.57 bits per heavy atom. The van der Waals surface area contributed by atoms with Crippen LogP contribution >= 0.6 is 0 Å². The van der Waals surface area contributed by atoms with Crippen LogP contribution in [0.15, 0.2) is 24.3 Å². The zero-order valence-corrected chi connectivity index (χ0v) is 13.9. The van der Waals surface area contributed by atoms with Crippen LogP contribution in [0.4, 0.5) is 13.2 Å². The van der Waals surface area contributed by atoms with E-state index in [-0.39, 0.29) is 0 Å². The molecule has 4 heteroatoms. The van der Waals surface area contributed by atoms with Gasteiger partial charge in [-0.2, -0.15) is 13.2 Å². The third-order valence-electron chi connectivity index (χ3n) is 4.85. The van der Waals surface area contributed by atoms with Gasteiger partial charge in [0.25, 0.3) is 0 Å². The number of rotatable bonds is 7. The number of halogens is 3. The smallest absolute Gasteiger partial charge is 0.416 e. The zero-order chi connectivity index (χ0) is 16.7. The fourth-order valence-electron chi connectivity index (χ4n) is 3.32. The lowest BCUT2D eigenvalue weighted by molar-refractivity contribution is -0.137. The fourth-order valence-corrected chi connectivity index (χ4v) is 3.32. The molecule has 1 aliphatic carbocycles. The Labute approximate surface area is 137 Å². The maximum absolute atomic E-state index is 12.5. The molecule has 1 saturated carbocycles. The topological polar surface area (TPSA) is 9.23 Å². The van der Waals surface area contributed by atoms with Gasteiger partial charge in [0.15, 0.2) is 0 Å². The summed E-state index contributed by atoms with van der Waals surface area (Å²) in [4.78, 5) is 0. The summed E-state index contributed by atoms with van der Waals surface area (Å²) in [6.07, 6.45) is 5.90. The van der Waals surface area contributed by atoms with Gasteiger partial charge in [-0.3, -0.25) is 0 Å². The van der Waals surface area contributed by atoms with Crippen molar-refractivity contribution in [3.8, 4) is 5.75 Å². The Hall–Kier alpha value is -1.19. The summed E-state index contributed by atoms with van der Waals surface area (Å²) in [7, 11) is 0. The summed E-state index contributed by atoms with van der Waals surface area (Å²) in [5, 5.41) is 0. The molecule has 0 atom stereocenters. The van der Waals surface area contributed by atoms with Gasteiger partial charge in [-0.25, -0.2) is 0 Å². The number of hydrogen-bond donors (Lipinski definition) is 0. The van der Waals surface area contributed by atoms with Crippen molar-refractivity contribution in [1.29, 1.82) is 0 Å². The van der Waals surface area contributed by atoms with Crippen LogP contribution in [0.5, 0.6) is 5.75 Å². The molecule has 1 nitrogen and oxygen atoms in total. The average molecular weight is 328 g/mol. The second kappa shape index (κ2) is 8.60. The fraction of sp³-hybridized carbons (Fsp3) is 0.684. The molecular formula is C19H27F3O. The minimum atomic E-state index is -4.28. The summed E-state index contributed by atoms with van der Waals surface area (Å²) >= 11 is 0. The minimum Gasteiger partial charge on any atom is -0.493 e. The summed E-state index contributed by atoms with van der Waals surface area (Å²) < 4.78 is 43.2. The van der Waals surface area contributed by atoms with E-state index in [1.165, 1.54) is 63.5 Å². The molecule has 23 heavy (non-hydrogen) atoms. The van der Waals surface area contributed by atoms with Crippen LogP contribution in [0, 0.1) is 11.8 Å². The number of unbranched alkanes of at least 4 members (excludes halogenated alkanes) is 2. The first-order valence-electron chi connectivity index (χ1n) is 8.79. The third-order valence-corrected chi connectivity index (χ3v) is 4.85. The van der Waals surface area contributed by atoms with Crippen molar-refractivity contribution >= 4 is 0 Å². The van der Waals surface area contributed by atoms with E-state index in [4.69, 9.17) is 4.74 Å². The first kappa shape index (κ1) is 18.2. The molecule has 0 radical (unpaired) electrons. The molecule has 0 unspecified atom stereocenters. The molecule has 0 N–H and O–H groups in total. The molecular weight excluding hydrogens is 301 g/mol. The summed E-state index contributed by atoms with van der Waals surface area (Å²) in [5.74, 6) is 1.94. The SMILES string of the molecule is CCCCC[C@H]1CC[C@H](COc2ccc(C(F)(F)F)cc2)CC1. The Bertz CT molecular complexity index is 445. The van der Waals surface area contributed by atoms with Gasteiger partial charge in [0.1, 0.15) is 5.75 Å². The molecule has 130 valence electrons. The van der Waals surface area contributed by atoms with Crippen molar-refractivity contribution in [2.45, 2.75) is 64.5 Å². The molecule has 0 bridgehead atoms. The van der Waals surface area contributed by atoms with Crippen LogP contribution in [-0.4, -0.2) is 6.61 Å². The average Bonchev–Trinajstić information content (AvgIpc) is 2.54. The van der Waals surface area contributed by atoms with Crippen molar-refractivity contribution in [1.82, 2.24) is 0 Å². The summed E-state index contributed by atoms with van der Waals surface area (Å²) in [5.41, 5.74) is -0.627. The molecule has 0 spiro atoms. The van der Waals surface area contributed by atoms with Gasteiger partial charge in [-0.1, -0.05) is 45.4 Å². The Morgan fingerprint density at radius 1 is 0.957 bits per heavy atom. The van der Waals surface area contributed by atoms with E-state index in [2.05, 4.69) is 6.92 Å². The molecule has 0 amide bonds. The first-order chi connectivity index (χ1) is 11.0. The monoisotopic (exact) mass is 328 g/mol. The van der Waals surface area contributed by atoms with Crippen molar-refractivity contribution in [2.75, 3.05) is 6.61 Å². The van der Waals surface area contributed by atoms with Gasteiger partial charge < -0.3 is 4.74 Å². The maximum Gasteiger partial charge on any atom is 0.416 e. The predicted octanol–water partition coefficient (Wildman–Crippen LogP) is 6.47. The number of hydrogen-bond acceptors (Lipinski definition) is 1. The molecule has 1 aromatic rings. The molecule has 0 saturated heterocycles. The normalized spacial score (nSPS) is 22.1. The Balaban J connectivity index is 1.69. The van der Waals surface area contributed by atoms with Gasteiger partial charge >= 0.3 is 6.18 Å². The lowest BCUT2D eigenvalue weighted by Crippen LogP contribution is -2.20. The van der Waals surface area contributed by atoms with Crippen molar-refractivity contribution < 1.29 is 17.9 Å². The second-order valence-corrected chi connectivity index (χ2v) is 6.72. The predicted molar refractivity (Wildman–Crippen MR) is 86.5 cm³/mol. The van der Waals surface area contributed by atoms with Crippen LogP contribution in [0.1, 0.15) is 63.9 Å². The first-order valence-corrected chi connectivity index (χ1v) is 8.79. The van der Waals surface area contributed by atoms with Crippen LogP contribution in [-0.2, 0) is 6.18 Å². The molecule has 0 aliphatic heterocycles. The largest absolute Gasteiger partial charge is 0.493 e. The molecule has 1 aliphatic rings. The number of benzene rings is 1. The maximum atomic E-state index is 12.5. The van der Waals surface area contributed by atoms with Gasteiger partial charge in [-0.05, 0) is 48.9 Å². The lowest BCUT2D eigenvalue weighted by atomic mass is 9.80. The van der Waals surface area contributed by atoms with Crippen molar-refractivity contribution in [3.05, 3.63) is 29.8 Å². The van der Waals surface area contributed by atoms with Crippen molar-refractivity contribution in [2.24, 2.45) is 11.8 Å². The van der Waals surface area contributed by atoms with E-state index in [9.17, 15) is 13.2 Å². The molecule has 1 fully saturated rings. The van der Waals surface area contributed by atoms with E-state index >= 15 is 0 Å². The quantitative estimate of drug-likeness (QED) is 0.521. The van der Waals surface area contributed by atoms with E-state index in [1.54, 1.807) is 0 Å². The van der Waals surface area contributed by atoms with E-state index in [1.807, 2.05) is 0 Å². The summed E-state index contributed by atoms with van der Waals surface area (Å²) in [6.45, 7) is 2.85. The highest BCUT2D eigenvalue weighted by Crippen LogP contribution is 2.33. The van der Waals surface area contributed by atoms with Crippen molar-refractivity contribution in [3.63, 3.8) is 0 Å². The molecule has 0 heterocycles. The standard InChI is InChI=1S/C19H27F3O/c1-2-3-4-5-15-6-8-16(9-7-15)14-23-18-12-10-17(11-13-18)19(20,21)22/h10-13,15-16H,2-9,14H2,1H3/t15-,16-. The highest BCUT2D eigenvalue weighted by molar-refractivity contribution is 5.28. The Morgan fingerprint density at radius 3 is 2.13 bits per heavy atom. The highest BCUT2D eigenvalue weighted by atomic mass is 19.4. The van der Waals surface area contributed by atoms with Gasteiger partial charge in [-0.15, -0.1) is 0 Å². The highest BCUT2D eigenvalue weighted by Gasteiger charge is 2.30. The van der Waals surface area contributed by atoms with Gasteiger partial charge in [0.05, 0.1) is 12.2 Å². The molecule has 0 aromatic heterocycles. The second-order valence-electron chi connectivity index (χ2n) is 6.72. The van der Waals surface area contributed by atoms with Crippen LogP contribution in [0.3, 0.4) is 0 Å². The summed E-state index contributed by atoms with van der Waals surface area (Å²) in [6, 6.07) is 5.00. The zero-order valence-electron chi connectivity index (χ0n) is 13.9. The van der Waals surface area contributed by atoms with Gasteiger partial charge in [0, 0.05) is 0 Å². The molecule has 2 rings (SSSR count). The minimum absolute atomic E-state index is 0.531. The van der Waals surface area contributed by atoms with E-state index in [0.717, 1.165) is 18.1 Å². The third kappa shape index (κ3) is 6.08. The number of ether oxygens (including phenoxy) is 1. The van der Waals surface area contributed by atoms with Crippen LogP contribution < -0.4 is 4.74 Å². The van der Waals surface area contributed by atoms with E-state index in [0.29, 0.717) is 18.3 Å². The lowest BCUT2D eigenvalue weighted by Gasteiger charge is -2.28. The molecule has 1 aromatic carbocycles. The van der Waals surface area contributed by atoms with Gasteiger partial charge in [0.2, 0.25) is 0 Å². The Kier molecular flexibility index (Phi) is 6.79. The van der Waals surface area contributed by atoms with Crippen LogP contribution in [0.2, 0.25) is 0 Å². The van der Waals surface area contributed by atoms with Crippen LogP contribution in [0.25, 0.3) is 0 Å².